The maximum absolute atomic E-state index is 5.77. The van der Waals surface area contributed by atoms with Crippen molar-refractivity contribution in [3.05, 3.63) is 39.7 Å². The van der Waals surface area contributed by atoms with E-state index in [-0.39, 0.29) is 5.82 Å². The predicted octanol–water partition coefficient (Wildman–Crippen LogP) is 1.50. The van der Waals surface area contributed by atoms with Crippen LogP contribution >= 0.6 is 27.5 Å². The van der Waals surface area contributed by atoms with Crippen molar-refractivity contribution < 1.29 is 0 Å². The average molecular weight is 278 g/mol. The van der Waals surface area contributed by atoms with Crippen LogP contribution in [0.15, 0.2) is 34.7 Å². The fourth-order valence-corrected chi connectivity index (χ4v) is 1.81. The lowest BCUT2D eigenvalue weighted by Crippen LogP contribution is -2.27. The average Bonchev–Trinajstić information content (AvgIpc) is 2.01. The molecule has 1 aromatic rings. The molecule has 1 aromatic carbocycles. The molecule has 0 fully saturated rings. The summed E-state index contributed by atoms with van der Waals surface area (Å²) in [5.74, 6) is 5.80. The topological polar surface area (TPSA) is 81.3 Å². The second-order valence-electron chi connectivity index (χ2n) is 2.63. The highest BCUT2D eigenvalue weighted by molar-refractivity contribution is 9.10. The third-order valence-corrected chi connectivity index (χ3v) is 2.35. The van der Waals surface area contributed by atoms with Gasteiger partial charge in [-0.05, 0) is 34.1 Å². The number of hydrogen-bond acceptors (Lipinski definition) is 4. The first-order valence-electron chi connectivity index (χ1n) is 3.72. The molecule has 0 unspecified atom stereocenters. The van der Waals surface area contributed by atoms with Crippen molar-refractivity contribution in [2.75, 3.05) is 5.01 Å². The molecule has 0 aliphatic heterocycles. The van der Waals surface area contributed by atoms with Gasteiger partial charge in [0, 0.05) is 9.50 Å². The highest BCUT2D eigenvalue weighted by atomic mass is 79.9. The molecule has 0 bridgehead atoms. The molecule has 0 aliphatic rings. The molecule has 0 saturated heterocycles. The Kier molecular flexibility index (Phi) is 3.62. The lowest BCUT2D eigenvalue weighted by molar-refractivity contribution is 1.04. The molecule has 76 valence electrons. The number of halogens is 2. The minimum atomic E-state index is 0.134. The molecule has 6 N–H and O–H groups in total. The van der Waals surface area contributed by atoms with Gasteiger partial charge in [0.2, 0.25) is 0 Å². The second-order valence-corrected chi connectivity index (χ2v) is 3.92. The smallest absolute Gasteiger partial charge is 0.112 e. The number of nitrogens with two attached hydrogens (primary N) is 3. The number of nitrogens with zero attached hydrogens (tertiary/aromatic N) is 1. The van der Waals surface area contributed by atoms with E-state index in [2.05, 4.69) is 15.9 Å². The van der Waals surface area contributed by atoms with E-state index < -0.39 is 0 Å². The van der Waals surface area contributed by atoms with Gasteiger partial charge in [-0.15, -0.1) is 0 Å². The molecule has 0 amide bonds. The molecule has 0 radical (unpaired) electrons. The quantitative estimate of drug-likeness (QED) is 0.565. The first-order chi connectivity index (χ1) is 6.50. The fraction of sp³-hybridized carbons (Fsp3) is 0. The summed E-state index contributed by atoms with van der Waals surface area (Å²) in [6.45, 7) is 0. The van der Waals surface area contributed by atoms with Crippen LogP contribution in [0.25, 0.3) is 0 Å². The first kappa shape index (κ1) is 11.2. The van der Waals surface area contributed by atoms with Gasteiger partial charge in [0.25, 0.3) is 0 Å². The molecule has 0 aliphatic carbocycles. The van der Waals surface area contributed by atoms with Crippen molar-refractivity contribution in [1.82, 2.24) is 0 Å². The Morgan fingerprint density at radius 1 is 1.43 bits per heavy atom. The number of benzene rings is 1. The number of anilines is 1. The summed E-state index contributed by atoms with van der Waals surface area (Å²) in [6.07, 6.45) is 1.41. The van der Waals surface area contributed by atoms with E-state index in [1.165, 1.54) is 11.2 Å². The van der Waals surface area contributed by atoms with Crippen molar-refractivity contribution >= 4 is 33.2 Å². The van der Waals surface area contributed by atoms with Crippen LogP contribution in [-0.2, 0) is 0 Å². The first-order valence-corrected chi connectivity index (χ1v) is 4.89. The molecule has 0 spiro atoms. The van der Waals surface area contributed by atoms with Crippen molar-refractivity contribution in [3.8, 4) is 0 Å². The Bertz CT molecular complexity index is 362. The van der Waals surface area contributed by atoms with Crippen LogP contribution in [0.5, 0.6) is 0 Å². The van der Waals surface area contributed by atoms with E-state index >= 15 is 0 Å². The van der Waals surface area contributed by atoms with Crippen LogP contribution in [-0.4, -0.2) is 0 Å². The summed E-state index contributed by atoms with van der Waals surface area (Å²) in [7, 11) is 0. The Balaban J connectivity index is 3.02. The zero-order valence-electron chi connectivity index (χ0n) is 7.24. The van der Waals surface area contributed by atoms with Gasteiger partial charge in [-0.3, -0.25) is 5.01 Å². The van der Waals surface area contributed by atoms with Gasteiger partial charge in [-0.2, -0.15) is 0 Å². The standard InChI is InChI=1S/C8H10BrClN4/c9-6-3-5(10)1-2-7(6)14(13)4-8(11)12/h1-4H,11-13H2. The molecule has 1 rings (SSSR count). The molecule has 0 heterocycles. The Labute approximate surface area is 95.4 Å². The van der Waals surface area contributed by atoms with Crippen LogP contribution in [0, 0.1) is 0 Å². The normalized spacial score (nSPS) is 9.64. The lowest BCUT2D eigenvalue weighted by atomic mass is 10.3. The van der Waals surface area contributed by atoms with E-state index in [4.69, 9.17) is 28.9 Å². The van der Waals surface area contributed by atoms with Crippen LogP contribution in [0.4, 0.5) is 5.69 Å². The van der Waals surface area contributed by atoms with Gasteiger partial charge in [-0.1, -0.05) is 11.6 Å². The number of hydrogen-bond donors (Lipinski definition) is 3. The second kappa shape index (κ2) is 4.54. The van der Waals surface area contributed by atoms with Crippen molar-refractivity contribution in [2.45, 2.75) is 0 Å². The van der Waals surface area contributed by atoms with Gasteiger partial charge in [0.05, 0.1) is 11.9 Å². The summed E-state index contributed by atoms with van der Waals surface area (Å²) < 4.78 is 0.769. The van der Waals surface area contributed by atoms with E-state index in [1.54, 1.807) is 18.2 Å². The summed E-state index contributed by atoms with van der Waals surface area (Å²) in [5, 5.41) is 1.94. The van der Waals surface area contributed by atoms with Crippen LogP contribution in [0.2, 0.25) is 5.02 Å². The van der Waals surface area contributed by atoms with Gasteiger partial charge in [-0.25, -0.2) is 5.84 Å². The number of rotatable bonds is 2. The van der Waals surface area contributed by atoms with E-state index in [9.17, 15) is 0 Å². The maximum atomic E-state index is 5.77. The predicted molar refractivity (Wildman–Crippen MR) is 62.3 cm³/mol. The molecule has 0 saturated carbocycles. The van der Waals surface area contributed by atoms with Gasteiger partial charge < -0.3 is 11.5 Å². The molecule has 0 atom stereocenters. The SMILES string of the molecule is NC(N)=CN(N)c1ccc(Cl)cc1Br. The molecule has 4 nitrogen and oxygen atoms in total. The third-order valence-electron chi connectivity index (χ3n) is 1.48. The van der Waals surface area contributed by atoms with Gasteiger partial charge in [0.15, 0.2) is 0 Å². The minimum absolute atomic E-state index is 0.134. The zero-order valence-corrected chi connectivity index (χ0v) is 9.59. The summed E-state index contributed by atoms with van der Waals surface area (Å²) in [6, 6.07) is 5.21. The Morgan fingerprint density at radius 3 is 2.57 bits per heavy atom. The Morgan fingerprint density at radius 2 is 2.07 bits per heavy atom. The molecule has 0 aromatic heterocycles. The molecular formula is C8H10BrClN4. The Hall–Kier alpha value is -0.910. The van der Waals surface area contributed by atoms with E-state index in [0.717, 1.165) is 10.2 Å². The van der Waals surface area contributed by atoms with E-state index in [1.807, 2.05) is 0 Å². The summed E-state index contributed by atoms with van der Waals surface area (Å²) in [5.41, 5.74) is 11.3. The highest BCUT2D eigenvalue weighted by Crippen LogP contribution is 2.27. The monoisotopic (exact) mass is 276 g/mol. The van der Waals surface area contributed by atoms with Crippen LogP contribution < -0.4 is 22.3 Å². The van der Waals surface area contributed by atoms with Gasteiger partial charge >= 0.3 is 0 Å². The summed E-state index contributed by atoms with van der Waals surface area (Å²) in [4.78, 5) is 0. The van der Waals surface area contributed by atoms with E-state index in [0.29, 0.717) is 5.02 Å². The largest absolute Gasteiger partial charge is 0.384 e. The van der Waals surface area contributed by atoms with Crippen molar-refractivity contribution in [2.24, 2.45) is 17.3 Å². The number of hydrazine groups is 1. The van der Waals surface area contributed by atoms with Crippen LogP contribution in [0.3, 0.4) is 0 Å². The summed E-state index contributed by atoms with van der Waals surface area (Å²) >= 11 is 9.09. The molecular weight excluding hydrogens is 267 g/mol. The minimum Gasteiger partial charge on any atom is -0.384 e. The maximum Gasteiger partial charge on any atom is 0.112 e. The van der Waals surface area contributed by atoms with Gasteiger partial charge in [0.1, 0.15) is 5.82 Å². The fourth-order valence-electron chi connectivity index (χ4n) is 0.921. The molecule has 6 heteroatoms. The molecule has 14 heavy (non-hydrogen) atoms. The zero-order chi connectivity index (χ0) is 10.7. The van der Waals surface area contributed by atoms with Crippen molar-refractivity contribution in [3.63, 3.8) is 0 Å². The van der Waals surface area contributed by atoms with Crippen molar-refractivity contribution in [1.29, 1.82) is 0 Å². The van der Waals surface area contributed by atoms with Crippen LogP contribution in [0.1, 0.15) is 0 Å². The lowest BCUT2D eigenvalue weighted by Gasteiger charge is -2.15. The highest BCUT2D eigenvalue weighted by Gasteiger charge is 2.04. The third kappa shape index (κ3) is 2.80.